The summed E-state index contributed by atoms with van der Waals surface area (Å²) in [7, 11) is 0. The molecule has 0 saturated heterocycles. The van der Waals surface area contributed by atoms with Crippen molar-refractivity contribution in [2.75, 3.05) is 0 Å². The molecule has 0 radical (unpaired) electrons. The highest BCUT2D eigenvalue weighted by atomic mass is 15.1. The monoisotopic (exact) mass is 194 g/mol. The van der Waals surface area contributed by atoms with Crippen molar-refractivity contribution >= 4 is 17.0 Å². The van der Waals surface area contributed by atoms with E-state index in [9.17, 15) is 0 Å². The van der Waals surface area contributed by atoms with Crippen LogP contribution in [0.15, 0.2) is 30.0 Å². The molecule has 2 rings (SSSR count). The Bertz CT molecular complexity index is 591. The minimum Gasteiger partial charge on any atom is -0.278 e. The van der Waals surface area contributed by atoms with E-state index in [0.29, 0.717) is 0 Å². The Labute approximate surface area is 86.1 Å². The fourth-order valence-electron chi connectivity index (χ4n) is 1.31. The number of nitrogens with one attached hydrogen (secondary N) is 1. The minimum atomic E-state index is 0.0952. The number of hydrogen-bond acceptors (Lipinski definition) is 3. The number of aromatic nitrogens is 2. The molecule has 0 bridgehead atoms. The van der Waals surface area contributed by atoms with Gasteiger partial charge in [0.15, 0.2) is 0 Å². The molecule has 70 valence electrons. The normalized spacial score (nSPS) is 9.20. The zero-order valence-corrected chi connectivity index (χ0v) is 7.73. The molecule has 4 nitrogen and oxygen atoms in total. The Balaban J connectivity index is 2.51. The molecule has 0 aliphatic heterocycles. The van der Waals surface area contributed by atoms with E-state index in [1.807, 2.05) is 30.3 Å². The van der Waals surface area contributed by atoms with Gasteiger partial charge < -0.3 is 0 Å². The summed E-state index contributed by atoms with van der Waals surface area (Å²) in [5.74, 6) is 0. The maximum absolute atomic E-state index is 8.60. The number of aromatic amines is 1. The molecule has 0 saturated carbocycles. The third-order valence-electron chi connectivity index (χ3n) is 2.02. The molecular formula is C11H6N4. The van der Waals surface area contributed by atoms with Crippen LogP contribution in [0.2, 0.25) is 0 Å². The average molecular weight is 194 g/mol. The van der Waals surface area contributed by atoms with Crippen LogP contribution in [0.5, 0.6) is 0 Å². The van der Waals surface area contributed by atoms with Gasteiger partial charge in [-0.2, -0.15) is 15.6 Å². The first kappa shape index (κ1) is 8.98. The number of nitriles is 2. The predicted molar refractivity (Wildman–Crippen MR) is 55.3 cm³/mol. The summed E-state index contributed by atoms with van der Waals surface area (Å²) >= 11 is 0. The van der Waals surface area contributed by atoms with Crippen LogP contribution >= 0.6 is 0 Å². The molecule has 15 heavy (non-hydrogen) atoms. The lowest BCUT2D eigenvalue weighted by Crippen LogP contribution is -1.76. The fraction of sp³-hybridized carbons (Fsp3) is 0. The van der Waals surface area contributed by atoms with Gasteiger partial charge in [0.25, 0.3) is 0 Å². The van der Waals surface area contributed by atoms with Gasteiger partial charge in [-0.1, -0.05) is 6.07 Å². The molecule has 0 unspecified atom stereocenters. The van der Waals surface area contributed by atoms with Crippen LogP contribution in [0.3, 0.4) is 0 Å². The highest BCUT2D eigenvalue weighted by Gasteiger charge is 1.97. The quantitative estimate of drug-likeness (QED) is 0.705. The van der Waals surface area contributed by atoms with E-state index in [0.717, 1.165) is 16.5 Å². The number of benzene rings is 1. The van der Waals surface area contributed by atoms with Crippen molar-refractivity contribution in [1.82, 2.24) is 10.2 Å². The predicted octanol–water partition coefficient (Wildman–Crippen LogP) is 1.99. The zero-order chi connectivity index (χ0) is 10.7. The number of fused-ring (bicyclic) bond motifs is 1. The number of H-pyrrole nitrogens is 1. The number of hydrogen-bond donors (Lipinski definition) is 1. The molecule has 0 atom stereocenters. The SMILES string of the molecule is N#CC(C#N)=Cc1ccc2[nH]ncc2c1. The molecule has 1 aromatic heterocycles. The van der Waals surface area contributed by atoms with E-state index in [-0.39, 0.29) is 5.57 Å². The Hall–Kier alpha value is -2.59. The zero-order valence-electron chi connectivity index (χ0n) is 7.73. The van der Waals surface area contributed by atoms with Crippen molar-refractivity contribution in [2.24, 2.45) is 0 Å². The first-order chi connectivity index (χ1) is 7.33. The largest absolute Gasteiger partial charge is 0.278 e. The van der Waals surface area contributed by atoms with Gasteiger partial charge in [-0.05, 0) is 23.8 Å². The van der Waals surface area contributed by atoms with Crippen molar-refractivity contribution < 1.29 is 0 Å². The molecule has 0 fully saturated rings. The van der Waals surface area contributed by atoms with Gasteiger partial charge in [-0.25, -0.2) is 0 Å². The van der Waals surface area contributed by atoms with Gasteiger partial charge in [0, 0.05) is 5.39 Å². The molecule has 4 heteroatoms. The molecule has 0 aliphatic carbocycles. The molecule has 0 amide bonds. The smallest absolute Gasteiger partial charge is 0.130 e. The summed E-state index contributed by atoms with van der Waals surface area (Å²) in [5, 5.41) is 24.9. The minimum absolute atomic E-state index is 0.0952. The lowest BCUT2D eigenvalue weighted by molar-refractivity contribution is 1.12. The third kappa shape index (κ3) is 1.70. The number of allylic oxidation sites excluding steroid dienone is 1. The average Bonchev–Trinajstić information content (AvgIpc) is 2.73. The van der Waals surface area contributed by atoms with Crippen molar-refractivity contribution in [2.45, 2.75) is 0 Å². The fourth-order valence-corrected chi connectivity index (χ4v) is 1.31. The molecule has 1 aromatic carbocycles. The van der Waals surface area contributed by atoms with Crippen LogP contribution in [-0.4, -0.2) is 10.2 Å². The van der Waals surface area contributed by atoms with E-state index in [2.05, 4.69) is 10.2 Å². The second-order valence-electron chi connectivity index (χ2n) is 3.00. The van der Waals surface area contributed by atoms with E-state index < -0.39 is 0 Å². The number of rotatable bonds is 1. The molecule has 0 spiro atoms. The summed E-state index contributed by atoms with van der Waals surface area (Å²) < 4.78 is 0. The summed E-state index contributed by atoms with van der Waals surface area (Å²) in [6, 6.07) is 9.20. The van der Waals surface area contributed by atoms with Crippen molar-refractivity contribution in [3.63, 3.8) is 0 Å². The van der Waals surface area contributed by atoms with E-state index in [1.54, 1.807) is 12.3 Å². The molecule has 1 heterocycles. The Morgan fingerprint density at radius 2 is 2.13 bits per heavy atom. The van der Waals surface area contributed by atoms with Crippen molar-refractivity contribution in [3.05, 3.63) is 35.5 Å². The third-order valence-corrected chi connectivity index (χ3v) is 2.02. The Morgan fingerprint density at radius 1 is 1.33 bits per heavy atom. The maximum atomic E-state index is 8.60. The molecule has 1 N–H and O–H groups in total. The van der Waals surface area contributed by atoms with Gasteiger partial charge in [0.05, 0.1) is 11.7 Å². The second-order valence-corrected chi connectivity index (χ2v) is 3.00. The van der Waals surface area contributed by atoms with Gasteiger partial charge in [0.1, 0.15) is 17.7 Å². The first-order valence-corrected chi connectivity index (χ1v) is 4.28. The van der Waals surface area contributed by atoms with Gasteiger partial charge in [-0.3, -0.25) is 5.10 Å². The lowest BCUT2D eigenvalue weighted by Gasteiger charge is -1.92. The molecule has 2 aromatic rings. The summed E-state index contributed by atoms with van der Waals surface area (Å²) in [6.45, 7) is 0. The van der Waals surface area contributed by atoms with E-state index in [4.69, 9.17) is 10.5 Å². The van der Waals surface area contributed by atoms with Crippen LogP contribution in [0.1, 0.15) is 5.56 Å². The maximum Gasteiger partial charge on any atom is 0.130 e. The van der Waals surface area contributed by atoms with Crippen LogP contribution in [0.25, 0.3) is 17.0 Å². The molecule has 0 aliphatic rings. The Kier molecular flexibility index (Phi) is 2.19. The molecular weight excluding hydrogens is 188 g/mol. The van der Waals surface area contributed by atoms with Gasteiger partial charge in [-0.15, -0.1) is 0 Å². The van der Waals surface area contributed by atoms with E-state index in [1.165, 1.54) is 0 Å². The highest BCUT2D eigenvalue weighted by molar-refractivity contribution is 5.81. The highest BCUT2D eigenvalue weighted by Crippen LogP contribution is 2.14. The Morgan fingerprint density at radius 3 is 2.87 bits per heavy atom. The first-order valence-electron chi connectivity index (χ1n) is 4.28. The standard InChI is InChI=1S/C11H6N4/c12-5-9(6-13)3-8-1-2-11-10(4-8)7-14-15-11/h1-4,7H,(H,14,15). The number of nitrogens with zero attached hydrogens (tertiary/aromatic N) is 3. The summed E-state index contributed by atoms with van der Waals surface area (Å²) in [5.41, 5.74) is 1.85. The lowest BCUT2D eigenvalue weighted by atomic mass is 10.1. The van der Waals surface area contributed by atoms with Gasteiger partial charge >= 0.3 is 0 Å². The van der Waals surface area contributed by atoms with Gasteiger partial charge in [0.2, 0.25) is 0 Å². The van der Waals surface area contributed by atoms with Crippen LogP contribution in [0, 0.1) is 22.7 Å². The van der Waals surface area contributed by atoms with Crippen LogP contribution in [-0.2, 0) is 0 Å². The van der Waals surface area contributed by atoms with Crippen molar-refractivity contribution in [3.8, 4) is 12.1 Å². The van der Waals surface area contributed by atoms with Crippen LogP contribution < -0.4 is 0 Å². The summed E-state index contributed by atoms with van der Waals surface area (Å²) in [4.78, 5) is 0. The topological polar surface area (TPSA) is 76.3 Å². The summed E-state index contributed by atoms with van der Waals surface area (Å²) in [6.07, 6.45) is 3.25. The van der Waals surface area contributed by atoms with Crippen molar-refractivity contribution in [1.29, 1.82) is 10.5 Å². The van der Waals surface area contributed by atoms with Crippen LogP contribution in [0.4, 0.5) is 0 Å². The van der Waals surface area contributed by atoms with E-state index >= 15 is 0 Å². The second kappa shape index (κ2) is 3.65.